The van der Waals surface area contributed by atoms with Crippen LogP contribution in [0, 0.1) is 0 Å². The fraction of sp³-hybridized carbons (Fsp3) is 0.857. The Morgan fingerprint density at radius 2 is 0.962 bits per heavy atom. The van der Waals surface area contributed by atoms with Crippen LogP contribution in [0.1, 0.15) is 55.4 Å². The Hall–Kier alpha value is 3.18. The number of carbonyl (C=O) groups excluding carboxylic acids is 2. The molecule has 0 aromatic carbocycles. The Kier molecular flexibility index (Phi) is 21.2. The van der Waals surface area contributed by atoms with Crippen molar-refractivity contribution in [3.05, 3.63) is 10.6 Å². The van der Waals surface area contributed by atoms with E-state index in [1.165, 1.54) is 27.7 Å². The molecule has 0 bridgehead atoms. The van der Waals surface area contributed by atoms with Crippen LogP contribution in [0.5, 0.6) is 0 Å². The number of carbonyl (C=O) groups is 2. The minimum Gasteiger partial charge on any atom is 0 e. The van der Waals surface area contributed by atoms with Crippen molar-refractivity contribution in [3.8, 4) is 0 Å². The third kappa shape index (κ3) is 15.0. The zero-order valence-electron chi connectivity index (χ0n) is 16.5. The predicted molar refractivity (Wildman–Crippen MR) is 112 cm³/mol. The van der Waals surface area contributed by atoms with Crippen LogP contribution in [0.25, 0.3) is 10.6 Å². The topological polar surface area (TPSA) is 103 Å². The van der Waals surface area contributed by atoms with Gasteiger partial charge in [0.15, 0.2) is 0 Å². The van der Waals surface area contributed by atoms with E-state index in [4.69, 9.17) is 0 Å². The van der Waals surface area contributed by atoms with E-state index >= 15 is 0 Å². The number of aliphatic hydroxyl groups is 2. The van der Waals surface area contributed by atoms with Crippen molar-refractivity contribution in [2.24, 2.45) is 0 Å². The average Bonchev–Trinajstić information content (AvgIpc) is 2.23. The molecule has 3 radical (unpaired) electrons. The van der Waals surface area contributed by atoms with Crippen LogP contribution in [0.2, 0.25) is 0 Å². The van der Waals surface area contributed by atoms with Crippen LogP contribution in [0.15, 0.2) is 0 Å². The van der Waals surface area contributed by atoms with E-state index < -0.39 is 33.9 Å². The van der Waals surface area contributed by atoms with Crippen LogP contribution in [0.4, 0.5) is 9.59 Å². The van der Waals surface area contributed by atoms with E-state index in [2.05, 4.69) is 50.6 Å². The maximum atomic E-state index is 11.8. The molecule has 146 valence electrons. The number of hydrogen-bond donors (Lipinski definition) is 2. The van der Waals surface area contributed by atoms with Crippen LogP contribution in [-0.4, -0.2) is 51.4 Å². The molecule has 0 heterocycles. The van der Waals surface area contributed by atoms with E-state index in [1.54, 1.807) is 27.7 Å². The maximum absolute atomic E-state index is 11.8. The Labute approximate surface area is 237 Å². The molecule has 0 aliphatic carbocycles. The molecule has 0 saturated carbocycles. The molecule has 0 rings (SSSR count). The number of hydrogen-bond acceptors (Lipinski definition) is 4. The second-order valence-electron chi connectivity index (χ2n) is 7.34. The fourth-order valence-corrected chi connectivity index (χ4v) is 0.995. The Morgan fingerprint density at radius 1 is 0.769 bits per heavy atom. The van der Waals surface area contributed by atoms with Gasteiger partial charge in [0, 0.05) is 88.2 Å². The Bertz CT molecular complexity index is 408. The van der Waals surface area contributed by atoms with E-state index in [0.29, 0.717) is 9.47 Å². The second-order valence-corrected chi connectivity index (χ2v) is 19.1. The van der Waals surface area contributed by atoms with Gasteiger partial charge < -0.3 is 30.4 Å². The third-order valence-electron chi connectivity index (χ3n) is 4.02. The quantitative estimate of drug-likeness (QED) is 0.306. The van der Waals surface area contributed by atoms with Gasteiger partial charge in [-0.15, -0.1) is 0 Å². The molecule has 0 aromatic rings. The molecule has 0 aliphatic rings. The summed E-state index contributed by atoms with van der Waals surface area (Å²) in [5, 5.41) is 27.5. The van der Waals surface area contributed by atoms with Crippen molar-refractivity contribution in [1.82, 2.24) is 0 Å². The van der Waals surface area contributed by atoms with Gasteiger partial charge in [0.05, 0.1) is 0 Å². The Morgan fingerprint density at radius 3 is 1.12 bits per heavy atom. The van der Waals surface area contributed by atoms with Gasteiger partial charge in [-0.3, -0.25) is 0 Å². The number of halogens is 2. The molecule has 0 aromatic heterocycles. The number of nitrogens with zero attached hydrogens (tertiary/aromatic N) is 2. The van der Waals surface area contributed by atoms with Crippen LogP contribution >= 0.6 is 40.0 Å². The minimum absolute atomic E-state index is 0. The normalized spacial score (nSPS) is 11.5. The third-order valence-corrected chi connectivity index (χ3v) is 4.02. The zero-order chi connectivity index (χ0) is 20.0. The first-order valence-electron chi connectivity index (χ1n) is 7.17. The first-order chi connectivity index (χ1) is 10.4. The van der Waals surface area contributed by atoms with Crippen molar-refractivity contribution < 1.29 is 94.7 Å². The van der Waals surface area contributed by atoms with Gasteiger partial charge in [0.2, 0.25) is 7.28 Å². The summed E-state index contributed by atoms with van der Waals surface area (Å²) in [5.74, 6) is -1.52. The summed E-state index contributed by atoms with van der Waals surface area (Å²) in [4.78, 5) is 23.5. The summed E-state index contributed by atoms with van der Waals surface area (Å²) in [6.07, 6.45) is 0. The van der Waals surface area contributed by atoms with E-state index in [0.717, 1.165) is 7.28 Å². The van der Waals surface area contributed by atoms with E-state index in [1.807, 2.05) is 0 Å². The monoisotopic (exact) mass is 780 g/mol. The molecule has 0 aliphatic heterocycles. The molecule has 0 fully saturated rings. The molecule has 26 heavy (non-hydrogen) atoms. The largest absolute Gasteiger partial charge is 0 e. The van der Waals surface area contributed by atoms with Crippen molar-refractivity contribution in [2.75, 3.05) is 0 Å². The predicted octanol–water partition coefficient (Wildman–Crippen LogP) is 4.54. The molecule has 0 saturated heterocycles. The van der Waals surface area contributed by atoms with Crippen LogP contribution in [-0.2, 0) is 74.9 Å². The molecular formula is C14H26BI2N2O4VY2-2. The van der Waals surface area contributed by atoms with Crippen LogP contribution in [0.3, 0.4) is 0 Å². The zero-order valence-corrected chi connectivity index (χ0v) is 27.9. The van der Waals surface area contributed by atoms with Gasteiger partial charge in [-0.05, 0) is 27.7 Å². The molecule has 0 spiro atoms. The van der Waals surface area contributed by atoms with Crippen molar-refractivity contribution in [3.63, 3.8) is 0 Å². The average molecular weight is 780 g/mol. The van der Waals surface area contributed by atoms with Gasteiger partial charge in [0.25, 0.3) is 0 Å². The molecule has 0 atom stereocenters. The van der Waals surface area contributed by atoms with Gasteiger partial charge in [-0.25, -0.2) is 0 Å². The summed E-state index contributed by atoms with van der Waals surface area (Å²) in [7, 11) is 1.39. The van der Waals surface area contributed by atoms with Gasteiger partial charge in [0.1, 0.15) is 0 Å². The van der Waals surface area contributed by atoms with E-state index in [-0.39, 0.29) is 65.4 Å². The smallest absolute Gasteiger partial charge is 0 e. The number of amides is 2. The van der Waals surface area contributed by atoms with Gasteiger partial charge in [-0.1, -0.05) is 38.8 Å². The Balaban J connectivity index is -0.000000450. The fourth-order valence-electron chi connectivity index (χ4n) is 0.995. The number of rotatable bonds is 6. The van der Waals surface area contributed by atoms with Crippen molar-refractivity contribution in [1.29, 1.82) is 0 Å². The summed E-state index contributed by atoms with van der Waals surface area (Å²) < 4.78 is 0. The van der Waals surface area contributed by atoms with E-state index in [9.17, 15) is 19.8 Å². The maximum Gasteiger partial charge on any atom is 0 e. The second kappa shape index (κ2) is 15.1. The molecular weight excluding hydrogens is 754 g/mol. The molecule has 12 heteroatoms. The standard InChI is InChI=1S/C14H28BN2O4.2HI.V.2Y/c1-11(2,13(5,6)20)16-9(18)15-10(19)17-12(3,4)14(7,8)21;;;;;/h20-21H,1-8H3,(H2,16,17,18,19);2*1H;;;/q;;;+2;;/p-4. The summed E-state index contributed by atoms with van der Waals surface area (Å²) in [5.41, 5.74) is -4.48. The first-order valence-corrected chi connectivity index (χ1v) is 16.2. The minimum atomic E-state index is -1.21. The summed E-state index contributed by atoms with van der Waals surface area (Å²) in [6, 6.07) is 0. The first kappa shape index (κ1) is 36.5. The van der Waals surface area contributed by atoms with Crippen molar-refractivity contribution >= 4 is 58.9 Å². The van der Waals surface area contributed by atoms with Gasteiger partial charge >= 0.3 is 49.4 Å². The molecule has 2 amide bonds. The molecule has 0 unspecified atom stereocenters. The summed E-state index contributed by atoms with van der Waals surface area (Å²) >= 11 is 4.74. The summed E-state index contributed by atoms with van der Waals surface area (Å²) in [6.45, 7) is 12.5. The van der Waals surface area contributed by atoms with Crippen molar-refractivity contribution in [2.45, 2.75) is 77.7 Å². The van der Waals surface area contributed by atoms with Gasteiger partial charge in [-0.2, -0.15) is 0 Å². The SMILES string of the molecule is CC(C)(O)C(C)(C)[N-]C(=O)[B]C(=O)[N-]C(C)(C)C(C)(C)O.[I][V][I].[Y].[Y]. The molecule has 6 nitrogen and oxygen atoms in total. The van der Waals surface area contributed by atoms with Crippen LogP contribution < -0.4 is 0 Å². The molecule has 2 N–H and O–H groups in total.